The van der Waals surface area contributed by atoms with Gasteiger partial charge in [-0.2, -0.15) is 0 Å². The number of carbonyl (C=O) groups is 1. The smallest absolute Gasteiger partial charge is 0.242 e. The topological polar surface area (TPSA) is 89.9 Å². The number of imidazole rings is 1. The van der Waals surface area contributed by atoms with Crippen molar-refractivity contribution < 1.29 is 9.32 Å². The molecule has 140 valence electrons. The number of amides is 1. The van der Waals surface area contributed by atoms with Crippen molar-refractivity contribution in [3.05, 3.63) is 48.3 Å². The molecule has 1 aliphatic rings. The van der Waals surface area contributed by atoms with Crippen LogP contribution in [-0.2, 0) is 17.8 Å². The van der Waals surface area contributed by atoms with Crippen molar-refractivity contribution in [2.75, 3.05) is 13.1 Å². The van der Waals surface area contributed by atoms with E-state index < -0.39 is 0 Å². The fourth-order valence-electron chi connectivity index (χ4n) is 3.63. The summed E-state index contributed by atoms with van der Waals surface area (Å²) in [5.41, 5.74) is 3.44. The molecule has 0 unspecified atom stereocenters. The van der Waals surface area contributed by atoms with E-state index in [0.717, 1.165) is 54.3 Å². The lowest BCUT2D eigenvalue weighted by molar-refractivity contribution is -0.130. The summed E-state index contributed by atoms with van der Waals surface area (Å²) in [7, 11) is 0. The molecular formula is C19H22N6O2. The second-order valence-corrected chi connectivity index (χ2v) is 7.03. The molecule has 4 heterocycles. The van der Waals surface area contributed by atoms with Gasteiger partial charge in [-0.3, -0.25) is 9.78 Å². The Kier molecular flexibility index (Phi) is 4.70. The minimum absolute atomic E-state index is 0.131. The van der Waals surface area contributed by atoms with Crippen LogP contribution in [0.2, 0.25) is 0 Å². The lowest BCUT2D eigenvalue weighted by Gasteiger charge is -2.16. The Morgan fingerprint density at radius 1 is 1.30 bits per heavy atom. The zero-order valence-corrected chi connectivity index (χ0v) is 15.5. The third-order valence-electron chi connectivity index (χ3n) is 4.99. The van der Waals surface area contributed by atoms with E-state index in [1.165, 1.54) is 0 Å². The summed E-state index contributed by atoms with van der Waals surface area (Å²) in [6, 6.07) is 0. The van der Waals surface area contributed by atoms with Crippen molar-refractivity contribution in [3.8, 4) is 11.3 Å². The fourth-order valence-corrected chi connectivity index (χ4v) is 3.63. The molecule has 1 amide bonds. The molecule has 27 heavy (non-hydrogen) atoms. The summed E-state index contributed by atoms with van der Waals surface area (Å²) in [4.78, 5) is 27.4. The van der Waals surface area contributed by atoms with Gasteiger partial charge >= 0.3 is 0 Å². The van der Waals surface area contributed by atoms with E-state index >= 15 is 0 Å². The average molecular weight is 366 g/mol. The number of hydrogen-bond acceptors (Lipinski definition) is 6. The van der Waals surface area contributed by atoms with Gasteiger partial charge in [0.1, 0.15) is 12.3 Å². The predicted octanol–water partition coefficient (Wildman–Crippen LogP) is 2.04. The van der Waals surface area contributed by atoms with E-state index in [1.807, 2.05) is 18.7 Å². The molecule has 0 spiro atoms. The molecule has 8 heteroatoms. The van der Waals surface area contributed by atoms with Gasteiger partial charge in [0.2, 0.25) is 5.91 Å². The molecule has 1 atom stereocenters. The van der Waals surface area contributed by atoms with Gasteiger partial charge in [0.05, 0.1) is 35.2 Å². The quantitative estimate of drug-likeness (QED) is 0.686. The predicted molar refractivity (Wildman–Crippen MR) is 97.6 cm³/mol. The highest BCUT2D eigenvalue weighted by atomic mass is 16.5. The third kappa shape index (κ3) is 3.74. The van der Waals surface area contributed by atoms with Crippen LogP contribution in [0.1, 0.15) is 23.6 Å². The number of carbonyl (C=O) groups excluding carboxylic acids is 1. The molecule has 0 bridgehead atoms. The number of rotatable bonds is 5. The van der Waals surface area contributed by atoms with Crippen LogP contribution in [0.25, 0.3) is 11.3 Å². The highest BCUT2D eigenvalue weighted by Gasteiger charge is 2.27. The van der Waals surface area contributed by atoms with Crippen LogP contribution in [0.5, 0.6) is 0 Å². The van der Waals surface area contributed by atoms with Gasteiger partial charge in [-0.25, -0.2) is 9.97 Å². The minimum Gasteiger partial charge on any atom is -0.361 e. The molecule has 1 aliphatic heterocycles. The molecule has 3 aromatic rings. The maximum atomic E-state index is 12.4. The van der Waals surface area contributed by atoms with Crippen molar-refractivity contribution in [3.63, 3.8) is 0 Å². The van der Waals surface area contributed by atoms with Crippen LogP contribution in [0.15, 0.2) is 35.6 Å². The Morgan fingerprint density at radius 3 is 2.93 bits per heavy atom. The Labute approximate surface area is 157 Å². The molecule has 8 nitrogen and oxygen atoms in total. The van der Waals surface area contributed by atoms with Gasteiger partial charge in [0, 0.05) is 31.7 Å². The van der Waals surface area contributed by atoms with Crippen molar-refractivity contribution in [1.29, 1.82) is 0 Å². The molecule has 0 saturated carbocycles. The Morgan fingerprint density at radius 2 is 2.19 bits per heavy atom. The molecule has 4 rings (SSSR count). The van der Waals surface area contributed by atoms with Crippen molar-refractivity contribution in [1.82, 2.24) is 29.6 Å². The molecule has 0 radical (unpaired) electrons. The van der Waals surface area contributed by atoms with E-state index in [-0.39, 0.29) is 5.91 Å². The molecule has 0 aliphatic carbocycles. The van der Waals surface area contributed by atoms with Gasteiger partial charge in [-0.1, -0.05) is 5.16 Å². The summed E-state index contributed by atoms with van der Waals surface area (Å²) in [6.45, 7) is 5.67. The SMILES string of the molecule is Cc1noc(C)c1-c1cncc(C[C@@H]2CCN(C(=O)Cn3ccnc3)C2)n1. The first-order valence-corrected chi connectivity index (χ1v) is 9.08. The lowest BCUT2D eigenvalue weighted by atomic mass is 10.0. The summed E-state index contributed by atoms with van der Waals surface area (Å²) >= 11 is 0. The van der Waals surface area contributed by atoms with Crippen LogP contribution in [-0.4, -0.2) is 48.6 Å². The maximum Gasteiger partial charge on any atom is 0.242 e. The van der Waals surface area contributed by atoms with Crippen LogP contribution in [0, 0.1) is 19.8 Å². The molecule has 1 fully saturated rings. The van der Waals surface area contributed by atoms with Crippen LogP contribution in [0.4, 0.5) is 0 Å². The number of nitrogens with zero attached hydrogens (tertiary/aromatic N) is 6. The normalized spacial score (nSPS) is 16.8. The zero-order valence-electron chi connectivity index (χ0n) is 15.5. The number of hydrogen-bond donors (Lipinski definition) is 0. The zero-order chi connectivity index (χ0) is 18.8. The maximum absolute atomic E-state index is 12.4. The summed E-state index contributed by atoms with van der Waals surface area (Å²) in [5.74, 6) is 1.27. The lowest BCUT2D eigenvalue weighted by Crippen LogP contribution is -2.31. The Bertz CT molecular complexity index is 914. The second-order valence-electron chi connectivity index (χ2n) is 7.03. The highest BCUT2D eigenvalue weighted by molar-refractivity contribution is 5.76. The van der Waals surface area contributed by atoms with E-state index in [1.54, 1.807) is 35.7 Å². The van der Waals surface area contributed by atoms with Gasteiger partial charge in [0.25, 0.3) is 0 Å². The van der Waals surface area contributed by atoms with Crippen LogP contribution >= 0.6 is 0 Å². The monoisotopic (exact) mass is 366 g/mol. The van der Waals surface area contributed by atoms with Crippen LogP contribution in [0.3, 0.4) is 0 Å². The largest absolute Gasteiger partial charge is 0.361 e. The fraction of sp³-hybridized carbons (Fsp3) is 0.421. The molecule has 3 aromatic heterocycles. The number of aryl methyl sites for hydroxylation is 2. The summed E-state index contributed by atoms with van der Waals surface area (Å²) in [6.07, 6.45) is 10.5. The van der Waals surface area contributed by atoms with E-state index in [4.69, 9.17) is 9.51 Å². The van der Waals surface area contributed by atoms with Gasteiger partial charge < -0.3 is 14.0 Å². The number of aromatic nitrogens is 5. The first-order chi connectivity index (χ1) is 13.1. The van der Waals surface area contributed by atoms with Crippen molar-refractivity contribution in [2.24, 2.45) is 5.92 Å². The first-order valence-electron chi connectivity index (χ1n) is 9.08. The Balaban J connectivity index is 1.40. The molecular weight excluding hydrogens is 344 g/mol. The first kappa shape index (κ1) is 17.4. The third-order valence-corrected chi connectivity index (χ3v) is 4.99. The minimum atomic E-state index is 0.131. The molecule has 1 saturated heterocycles. The second kappa shape index (κ2) is 7.30. The Hall–Kier alpha value is -3.03. The standard InChI is InChI=1S/C19H22N6O2/c1-13-19(14(2)27-23-13)17-9-21-8-16(22-17)7-15-3-5-25(10-15)18(26)11-24-6-4-20-12-24/h4,6,8-9,12,15H,3,5,7,10-11H2,1-2H3/t15-/m0/s1. The van der Waals surface area contributed by atoms with E-state index in [9.17, 15) is 4.79 Å². The number of likely N-dealkylation sites (tertiary alicyclic amines) is 1. The van der Waals surface area contributed by atoms with Crippen molar-refractivity contribution in [2.45, 2.75) is 33.2 Å². The summed E-state index contributed by atoms with van der Waals surface area (Å²) in [5, 5.41) is 3.99. The van der Waals surface area contributed by atoms with Crippen LogP contribution < -0.4 is 0 Å². The van der Waals surface area contributed by atoms with Gasteiger partial charge in [-0.05, 0) is 32.6 Å². The van der Waals surface area contributed by atoms with E-state index in [2.05, 4.69) is 15.1 Å². The highest BCUT2D eigenvalue weighted by Crippen LogP contribution is 2.26. The van der Waals surface area contributed by atoms with Gasteiger partial charge in [-0.15, -0.1) is 0 Å². The van der Waals surface area contributed by atoms with E-state index in [0.29, 0.717) is 12.5 Å². The molecule has 0 N–H and O–H groups in total. The van der Waals surface area contributed by atoms with Gasteiger partial charge in [0.15, 0.2) is 0 Å². The average Bonchev–Trinajstić information content (AvgIpc) is 3.38. The summed E-state index contributed by atoms with van der Waals surface area (Å²) < 4.78 is 7.04. The molecule has 0 aromatic carbocycles. The van der Waals surface area contributed by atoms with Crippen molar-refractivity contribution >= 4 is 5.91 Å².